The average molecular weight is 359 g/mol. The fourth-order valence-corrected chi connectivity index (χ4v) is 2.65. The van der Waals surface area contributed by atoms with Gasteiger partial charge in [-0.25, -0.2) is 0 Å². The van der Waals surface area contributed by atoms with Crippen LogP contribution >= 0.6 is 0 Å². The number of esters is 1. The van der Waals surface area contributed by atoms with E-state index in [4.69, 9.17) is 4.74 Å². The van der Waals surface area contributed by atoms with Gasteiger partial charge in [0, 0.05) is 0 Å². The van der Waals surface area contributed by atoms with Gasteiger partial charge in [-0.05, 0) is 22.3 Å². The standard InChI is InChI=1S/C23H21NO3/c25-22(15-18-7-3-1-4-8-18)24-16-23(26)27-17-19-11-13-21(14-12-19)20-9-5-2-6-10-20/h1-14H,15-17H2,(H,24,25). The molecule has 0 bridgehead atoms. The van der Waals surface area contributed by atoms with Crippen molar-refractivity contribution in [3.63, 3.8) is 0 Å². The summed E-state index contributed by atoms with van der Waals surface area (Å²) in [6.45, 7) is 0.0518. The Bertz CT molecular complexity index is 875. The first-order chi connectivity index (χ1) is 13.2. The van der Waals surface area contributed by atoms with Gasteiger partial charge in [0.1, 0.15) is 13.2 Å². The van der Waals surface area contributed by atoms with Crippen molar-refractivity contribution < 1.29 is 14.3 Å². The van der Waals surface area contributed by atoms with E-state index in [9.17, 15) is 9.59 Å². The highest BCUT2D eigenvalue weighted by Gasteiger charge is 2.08. The maximum atomic E-state index is 11.8. The van der Waals surface area contributed by atoms with Crippen LogP contribution in [0, 0.1) is 0 Å². The Morgan fingerprint density at radius 2 is 1.30 bits per heavy atom. The molecule has 4 heteroatoms. The van der Waals surface area contributed by atoms with Crippen LogP contribution in [0.3, 0.4) is 0 Å². The molecule has 0 spiro atoms. The van der Waals surface area contributed by atoms with Crippen molar-refractivity contribution in [3.8, 4) is 11.1 Å². The molecule has 0 aliphatic rings. The van der Waals surface area contributed by atoms with Crippen LogP contribution in [-0.2, 0) is 27.4 Å². The number of benzene rings is 3. The highest BCUT2D eigenvalue weighted by molar-refractivity contribution is 5.83. The van der Waals surface area contributed by atoms with Crippen LogP contribution in [0.5, 0.6) is 0 Å². The predicted molar refractivity (Wildman–Crippen MR) is 105 cm³/mol. The molecule has 0 fully saturated rings. The molecule has 0 saturated heterocycles. The zero-order valence-corrected chi connectivity index (χ0v) is 14.9. The maximum Gasteiger partial charge on any atom is 0.325 e. The SMILES string of the molecule is O=C(Cc1ccccc1)NCC(=O)OCc1ccc(-c2ccccc2)cc1. The molecule has 4 nitrogen and oxygen atoms in total. The van der Waals surface area contributed by atoms with E-state index in [0.717, 1.165) is 22.3 Å². The van der Waals surface area contributed by atoms with E-state index in [-0.39, 0.29) is 25.5 Å². The molecule has 0 unspecified atom stereocenters. The molecule has 1 N–H and O–H groups in total. The second kappa shape index (κ2) is 9.34. The van der Waals surface area contributed by atoms with Gasteiger partial charge in [-0.1, -0.05) is 84.9 Å². The van der Waals surface area contributed by atoms with Gasteiger partial charge in [-0.15, -0.1) is 0 Å². The number of rotatable bonds is 7. The molecule has 0 atom stereocenters. The summed E-state index contributed by atoms with van der Waals surface area (Å²) in [5, 5.41) is 2.58. The molecular weight excluding hydrogens is 338 g/mol. The zero-order chi connectivity index (χ0) is 18.9. The first-order valence-electron chi connectivity index (χ1n) is 8.81. The highest BCUT2D eigenvalue weighted by Crippen LogP contribution is 2.19. The van der Waals surface area contributed by atoms with Crippen LogP contribution in [0.1, 0.15) is 11.1 Å². The largest absolute Gasteiger partial charge is 0.460 e. The van der Waals surface area contributed by atoms with Crippen LogP contribution < -0.4 is 5.32 Å². The molecule has 1 amide bonds. The molecule has 0 aromatic heterocycles. The van der Waals surface area contributed by atoms with Gasteiger partial charge in [0.2, 0.25) is 5.91 Å². The lowest BCUT2D eigenvalue weighted by atomic mass is 10.0. The fraction of sp³-hybridized carbons (Fsp3) is 0.130. The maximum absolute atomic E-state index is 11.8. The quantitative estimate of drug-likeness (QED) is 0.654. The lowest BCUT2D eigenvalue weighted by molar-refractivity contribution is -0.145. The second-order valence-corrected chi connectivity index (χ2v) is 6.16. The Morgan fingerprint density at radius 3 is 1.96 bits per heavy atom. The molecule has 0 radical (unpaired) electrons. The Morgan fingerprint density at radius 1 is 0.704 bits per heavy atom. The number of nitrogens with one attached hydrogen (secondary N) is 1. The molecule has 3 aromatic rings. The molecule has 3 rings (SSSR count). The summed E-state index contributed by atoms with van der Waals surface area (Å²) in [6.07, 6.45) is 0.245. The monoisotopic (exact) mass is 359 g/mol. The number of carbonyl (C=O) groups is 2. The Kier molecular flexibility index (Phi) is 6.36. The molecule has 0 heterocycles. The Hall–Kier alpha value is -3.40. The molecule has 136 valence electrons. The van der Waals surface area contributed by atoms with Crippen LogP contribution in [0.25, 0.3) is 11.1 Å². The number of ether oxygens (including phenoxy) is 1. The molecule has 3 aromatic carbocycles. The molecule has 0 saturated carbocycles. The summed E-state index contributed by atoms with van der Waals surface area (Å²) in [5.41, 5.74) is 4.06. The van der Waals surface area contributed by atoms with Gasteiger partial charge in [-0.2, -0.15) is 0 Å². The van der Waals surface area contributed by atoms with Gasteiger partial charge in [0.15, 0.2) is 0 Å². The van der Waals surface area contributed by atoms with Crippen molar-refractivity contribution in [2.75, 3.05) is 6.54 Å². The Balaban J connectivity index is 1.42. The van der Waals surface area contributed by atoms with Gasteiger partial charge < -0.3 is 10.1 Å². The third kappa shape index (κ3) is 5.82. The van der Waals surface area contributed by atoms with E-state index in [1.165, 1.54) is 0 Å². The summed E-state index contributed by atoms with van der Waals surface area (Å²) in [6, 6.07) is 27.3. The molecule has 0 aliphatic heterocycles. The van der Waals surface area contributed by atoms with E-state index >= 15 is 0 Å². The van der Waals surface area contributed by atoms with Crippen molar-refractivity contribution >= 4 is 11.9 Å². The lowest BCUT2D eigenvalue weighted by Crippen LogP contribution is -2.31. The average Bonchev–Trinajstić information content (AvgIpc) is 2.72. The van der Waals surface area contributed by atoms with E-state index in [0.29, 0.717) is 0 Å². The van der Waals surface area contributed by atoms with Gasteiger partial charge >= 0.3 is 5.97 Å². The van der Waals surface area contributed by atoms with E-state index in [2.05, 4.69) is 5.32 Å². The minimum atomic E-state index is -0.455. The molecule has 0 aliphatic carbocycles. The number of carbonyl (C=O) groups excluding carboxylic acids is 2. The van der Waals surface area contributed by atoms with Crippen molar-refractivity contribution in [3.05, 3.63) is 96.1 Å². The van der Waals surface area contributed by atoms with Gasteiger partial charge in [0.05, 0.1) is 6.42 Å². The lowest BCUT2D eigenvalue weighted by Gasteiger charge is -2.08. The predicted octanol–water partition coefficient (Wildman–Crippen LogP) is 3.76. The summed E-state index contributed by atoms with van der Waals surface area (Å²) in [5.74, 6) is -0.658. The molecular formula is C23H21NO3. The van der Waals surface area contributed by atoms with E-state index in [1.807, 2.05) is 84.9 Å². The second-order valence-electron chi connectivity index (χ2n) is 6.16. The van der Waals surface area contributed by atoms with Crippen molar-refractivity contribution in [1.82, 2.24) is 5.32 Å². The first kappa shape index (κ1) is 18.4. The highest BCUT2D eigenvalue weighted by atomic mass is 16.5. The van der Waals surface area contributed by atoms with E-state index < -0.39 is 5.97 Å². The Labute approximate surface area is 158 Å². The minimum Gasteiger partial charge on any atom is -0.460 e. The topological polar surface area (TPSA) is 55.4 Å². The summed E-state index contributed by atoms with van der Waals surface area (Å²) in [7, 11) is 0. The molecule has 27 heavy (non-hydrogen) atoms. The van der Waals surface area contributed by atoms with Crippen molar-refractivity contribution in [2.24, 2.45) is 0 Å². The van der Waals surface area contributed by atoms with Crippen LogP contribution in [-0.4, -0.2) is 18.4 Å². The third-order valence-electron chi connectivity index (χ3n) is 4.10. The fourth-order valence-electron chi connectivity index (χ4n) is 2.65. The van der Waals surface area contributed by atoms with Crippen molar-refractivity contribution in [2.45, 2.75) is 13.0 Å². The smallest absolute Gasteiger partial charge is 0.325 e. The van der Waals surface area contributed by atoms with Crippen LogP contribution in [0.2, 0.25) is 0 Å². The van der Waals surface area contributed by atoms with Crippen LogP contribution in [0.15, 0.2) is 84.9 Å². The van der Waals surface area contributed by atoms with Crippen molar-refractivity contribution in [1.29, 1.82) is 0 Å². The number of hydrogen-bond acceptors (Lipinski definition) is 3. The number of hydrogen-bond donors (Lipinski definition) is 1. The summed E-state index contributed by atoms with van der Waals surface area (Å²) < 4.78 is 5.22. The summed E-state index contributed by atoms with van der Waals surface area (Å²) >= 11 is 0. The van der Waals surface area contributed by atoms with Gasteiger partial charge in [0.25, 0.3) is 0 Å². The van der Waals surface area contributed by atoms with E-state index in [1.54, 1.807) is 0 Å². The minimum absolute atomic E-state index is 0.131. The summed E-state index contributed by atoms with van der Waals surface area (Å²) in [4.78, 5) is 23.7. The third-order valence-corrected chi connectivity index (χ3v) is 4.10. The van der Waals surface area contributed by atoms with Crippen LogP contribution in [0.4, 0.5) is 0 Å². The normalized spacial score (nSPS) is 10.2. The van der Waals surface area contributed by atoms with Gasteiger partial charge in [-0.3, -0.25) is 9.59 Å². The first-order valence-corrected chi connectivity index (χ1v) is 8.81. The number of amides is 1. The zero-order valence-electron chi connectivity index (χ0n) is 14.9.